The number of allylic oxidation sites excluding steroid dienone is 2. The molecule has 0 aliphatic rings. The predicted molar refractivity (Wildman–Crippen MR) is 72.0 cm³/mol. The van der Waals surface area contributed by atoms with E-state index in [0.29, 0.717) is 27.9 Å². The molecule has 0 saturated carbocycles. The SMILES string of the molecule is C/C(N)=C(/C#N)c1csc(Nc2ccccn2)n1. The lowest BCUT2D eigenvalue weighted by molar-refractivity contribution is 1.26. The van der Waals surface area contributed by atoms with Crippen LogP contribution in [0, 0.1) is 11.3 Å². The molecule has 0 bridgehead atoms. The fraction of sp³-hybridized carbons (Fsp3) is 0.0833. The van der Waals surface area contributed by atoms with E-state index in [1.807, 2.05) is 18.2 Å². The molecule has 0 amide bonds. The first-order valence-corrected chi connectivity index (χ1v) is 6.09. The number of nitrogens with zero attached hydrogens (tertiary/aromatic N) is 3. The Morgan fingerprint density at radius 3 is 2.94 bits per heavy atom. The number of thiazole rings is 1. The molecule has 90 valence electrons. The molecule has 0 spiro atoms. The Kier molecular flexibility index (Phi) is 3.55. The van der Waals surface area contributed by atoms with Crippen molar-refractivity contribution in [3.8, 4) is 6.07 Å². The van der Waals surface area contributed by atoms with Crippen LogP contribution in [0.25, 0.3) is 5.57 Å². The molecule has 0 radical (unpaired) electrons. The lowest BCUT2D eigenvalue weighted by atomic mass is 10.2. The molecule has 18 heavy (non-hydrogen) atoms. The number of nitriles is 1. The molecule has 0 aliphatic heterocycles. The molecule has 0 aromatic carbocycles. The van der Waals surface area contributed by atoms with Gasteiger partial charge in [0.25, 0.3) is 0 Å². The first-order chi connectivity index (χ1) is 8.70. The first kappa shape index (κ1) is 12.1. The first-order valence-electron chi connectivity index (χ1n) is 5.21. The van der Waals surface area contributed by atoms with Crippen molar-refractivity contribution in [3.05, 3.63) is 41.2 Å². The zero-order chi connectivity index (χ0) is 13.0. The topological polar surface area (TPSA) is 87.6 Å². The van der Waals surface area contributed by atoms with Gasteiger partial charge in [0.2, 0.25) is 0 Å². The molecule has 2 heterocycles. The number of anilines is 2. The maximum Gasteiger partial charge on any atom is 0.188 e. The van der Waals surface area contributed by atoms with Crippen LogP contribution in [0.2, 0.25) is 0 Å². The summed E-state index contributed by atoms with van der Waals surface area (Å²) < 4.78 is 0. The van der Waals surface area contributed by atoms with Gasteiger partial charge in [0.05, 0.1) is 11.3 Å². The molecular weight excluding hydrogens is 246 g/mol. The third-order valence-electron chi connectivity index (χ3n) is 2.17. The molecule has 6 heteroatoms. The molecule has 0 unspecified atom stereocenters. The Labute approximate surface area is 109 Å². The van der Waals surface area contributed by atoms with Crippen molar-refractivity contribution in [3.63, 3.8) is 0 Å². The van der Waals surface area contributed by atoms with E-state index in [1.54, 1.807) is 18.5 Å². The van der Waals surface area contributed by atoms with E-state index >= 15 is 0 Å². The summed E-state index contributed by atoms with van der Waals surface area (Å²) in [5.74, 6) is 0.713. The largest absolute Gasteiger partial charge is 0.401 e. The average molecular weight is 257 g/mol. The van der Waals surface area contributed by atoms with Crippen LogP contribution in [0.15, 0.2) is 35.5 Å². The maximum absolute atomic E-state index is 8.99. The van der Waals surface area contributed by atoms with Crippen molar-refractivity contribution < 1.29 is 0 Å². The fourth-order valence-electron chi connectivity index (χ4n) is 1.34. The number of hydrogen-bond donors (Lipinski definition) is 2. The number of nitrogens with one attached hydrogen (secondary N) is 1. The smallest absolute Gasteiger partial charge is 0.188 e. The number of nitrogens with two attached hydrogens (primary N) is 1. The van der Waals surface area contributed by atoms with Gasteiger partial charge in [0.15, 0.2) is 5.13 Å². The van der Waals surface area contributed by atoms with Crippen LogP contribution in [0.4, 0.5) is 10.9 Å². The second-order valence-corrected chi connectivity index (χ2v) is 4.41. The molecule has 0 saturated heterocycles. The molecule has 2 aromatic rings. The summed E-state index contributed by atoms with van der Waals surface area (Å²) in [4.78, 5) is 8.44. The van der Waals surface area contributed by atoms with Gasteiger partial charge in [-0.25, -0.2) is 9.97 Å². The van der Waals surface area contributed by atoms with Crippen molar-refractivity contribution in [2.75, 3.05) is 5.32 Å². The number of pyridine rings is 1. The standard InChI is InChI=1S/C12H11N5S/c1-8(14)9(6-13)10-7-18-12(16-10)17-11-4-2-3-5-15-11/h2-5,7H,14H2,1H3,(H,15,16,17)/b9-8+. The minimum absolute atomic E-state index is 0.403. The summed E-state index contributed by atoms with van der Waals surface area (Å²) in [7, 11) is 0. The van der Waals surface area contributed by atoms with Crippen molar-refractivity contribution in [2.24, 2.45) is 5.73 Å². The normalized spacial score (nSPS) is 11.6. The van der Waals surface area contributed by atoms with Crippen molar-refractivity contribution >= 4 is 27.9 Å². The minimum Gasteiger partial charge on any atom is -0.401 e. The van der Waals surface area contributed by atoms with Crippen molar-refractivity contribution in [2.45, 2.75) is 6.92 Å². The Morgan fingerprint density at radius 2 is 2.33 bits per heavy atom. The predicted octanol–water partition coefficient (Wildman–Crippen LogP) is 2.49. The second kappa shape index (κ2) is 5.29. The van der Waals surface area contributed by atoms with Crippen molar-refractivity contribution in [1.82, 2.24) is 9.97 Å². The molecule has 2 rings (SSSR count). The molecule has 0 aliphatic carbocycles. The number of aromatic nitrogens is 2. The third kappa shape index (κ3) is 2.64. The monoisotopic (exact) mass is 257 g/mol. The van der Waals surface area contributed by atoms with Gasteiger partial charge in [-0.05, 0) is 19.1 Å². The van der Waals surface area contributed by atoms with Gasteiger partial charge in [-0.3, -0.25) is 0 Å². The molecule has 3 N–H and O–H groups in total. The van der Waals surface area contributed by atoms with E-state index in [4.69, 9.17) is 11.0 Å². The Morgan fingerprint density at radius 1 is 1.50 bits per heavy atom. The van der Waals surface area contributed by atoms with Gasteiger partial charge in [0, 0.05) is 17.3 Å². The van der Waals surface area contributed by atoms with Crippen LogP contribution in [0.5, 0.6) is 0 Å². The molecule has 0 atom stereocenters. The fourth-order valence-corrected chi connectivity index (χ4v) is 2.05. The third-order valence-corrected chi connectivity index (χ3v) is 2.92. The van der Waals surface area contributed by atoms with Crippen LogP contribution >= 0.6 is 11.3 Å². The van der Waals surface area contributed by atoms with Gasteiger partial charge >= 0.3 is 0 Å². The summed E-state index contributed by atoms with van der Waals surface area (Å²) in [5, 5.41) is 14.5. The Hall–Kier alpha value is -2.39. The summed E-state index contributed by atoms with van der Waals surface area (Å²) in [6, 6.07) is 7.62. The maximum atomic E-state index is 8.99. The summed E-state index contributed by atoms with van der Waals surface area (Å²) in [5.41, 5.74) is 7.08. The molecular formula is C12H11N5S. The Balaban J connectivity index is 2.22. The van der Waals surface area contributed by atoms with Gasteiger partial charge < -0.3 is 11.1 Å². The van der Waals surface area contributed by atoms with E-state index in [0.717, 1.165) is 0 Å². The summed E-state index contributed by atoms with van der Waals surface area (Å²) >= 11 is 1.40. The summed E-state index contributed by atoms with van der Waals surface area (Å²) in [6.45, 7) is 1.68. The van der Waals surface area contributed by atoms with E-state index in [-0.39, 0.29) is 0 Å². The quantitative estimate of drug-likeness (QED) is 0.825. The highest BCUT2D eigenvalue weighted by Gasteiger charge is 2.09. The van der Waals surface area contributed by atoms with E-state index in [9.17, 15) is 0 Å². The highest BCUT2D eigenvalue weighted by molar-refractivity contribution is 7.13. The van der Waals surface area contributed by atoms with Crippen LogP contribution in [-0.4, -0.2) is 9.97 Å². The lowest BCUT2D eigenvalue weighted by Crippen LogP contribution is -1.97. The van der Waals surface area contributed by atoms with Crippen LogP contribution < -0.4 is 11.1 Å². The van der Waals surface area contributed by atoms with Gasteiger partial charge in [-0.1, -0.05) is 6.07 Å². The Bertz CT molecular complexity index is 605. The highest BCUT2D eigenvalue weighted by Crippen LogP contribution is 2.24. The van der Waals surface area contributed by atoms with Crippen molar-refractivity contribution in [1.29, 1.82) is 5.26 Å². The minimum atomic E-state index is 0.403. The average Bonchev–Trinajstić information content (AvgIpc) is 2.79. The van der Waals surface area contributed by atoms with Crippen LogP contribution in [0.3, 0.4) is 0 Å². The van der Waals surface area contributed by atoms with Crippen LogP contribution in [-0.2, 0) is 0 Å². The highest BCUT2D eigenvalue weighted by atomic mass is 32.1. The number of hydrogen-bond acceptors (Lipinski definition) is 6. The van der Waals surface area contributed by atoms with E-state index in [2.05, 4.69) is 21.4 Å². The van der Waals surface area contributed by atoms with E-state index in [1.165, 1.54) is 11.3 Å². The zero-order valence-corrected chi connectivity index (χ0v) is 10.5. The van der Waals surface area contributed by atoms with Gasteiger partial charge in [-0.15, -0.1) is 11.3 Å². The molecule has 2 aromatic heterocycles. The number of rotatable bonds is 3. The van der Waals surface area contributed by atoms with Crippen LogP contribution in [0.1, 0.15) is 12.6 Å². The van der Waals surface area contributed by atoms with Gasteiger partial charge in [0.1, 0.15) is 11.9 Å². The molecule has 0 fully saturated rings. The molecule has 5 nitrogen and oxygen atoms in total. The lowest BCUT2D eigenvalue weighted by Gasteiger charge is -1.99. The zero-order valence-electron chi connectivity index (χ0n) is 9.71. The second-order valence-electron chi connectivity index (χ2n) is 3.55. The van der Waals surface area contributed by atoms with E-state index < -0.39 is 0 Å². The van der Waals surface area contributed by atoms with Gasteiger partial charge in [-0.2, -0.15) is 5.26 Å². The summed E-state index contributed by atoms with van der Waals surface area (Å²) in [6.07, 6.45) is 1.70.